The second-order valence-corrected chi connectivity index (χ2v) is 6.10. The number of hydrogen-bond acceptors (Lipinski definition) is 4. The second kappa shape index (κ2) is 6.52. The average molecular weight is 258 g/mol. The van der Waals surface area contributed by atoms with Crippen molar-refractivity contribution in [3.63, 3.8) is 0 Å². The average Bonchev–Trinajstić information content (AvgIpc) is 2.23. The number of rotatable bonds is 6. The molecule has 0 aliphatic heterocycles. The summed E-state index contributed by atoms with van der Waals surface area (Å²) in [5, 5.41) is 11.0. The number of thioether (sulfide) groups is 1. The van der Waals surface area contributed by atoms with Crippen molar-refractivity contribution in [1.82, 2.24) is 5.32 Å². The Hall–Kier alpha value is -1.19. The van der Waals surface area contributed by atoms with Gasteiger partial charge in [-0.25, -0.2) is 0 Å². The van der Waals surface area contributed by atoms with Gasteiger partial charge in [-0.3, -0.25) is 9.59 Å². The van der Waals surface area contributed by atoms with Gasteiger partial charge in [0, 0.05) is 4.75 Å². The summed E-state index contributed by atoms with van der Waals surface area (Å²) in [6, 6.07) is -1.03. The van der Waals surface area contributed by atoms with Crippen LogP contribution in [-0.4, -0.2) is 39.6 Å². The predicted octanol–water partition coefficient (Wildman–Crippen LogP) is 0.0480. The van der Waals surface area contributed by atoms with Crippen LogP contribution in [0.4, 0.5) is 0 Å². The van der Waals surface area contributed by atoms with Crippen LogP contribution in [0.15, 0.2) is 0 Å². The number of hydrogen-bond donors (Lipinski definition) is 3. The maximum atomic E-state index is 11.6. The van der Waals surface area contributed by atoms with Crippen LogP contribution in [0.1, 0.15) is 20.8 Å². The van der Waals surface area contributed by atoms with Gasteiger partial charge in [0.05, 0.1) is 11.8 Å². The molecule has 1 amide bonds. The van der Waals surface area contributed by atoms with E-state index >= 15 is 0 Å². The normalized spacial score (nSPS) is 14.5. The summed E-state index contributed by atoms with van der Waals surface area (Å²) in [5.74, 6) is 0.989. The van der Waals surface area contributed by atoms with Crippen LogP contribution in [0.2, 0.25) is 0 Å². The van der Waals surface area contributed by atoms with Crippen LogP contribution in [-0.2, 0) is 9.59 Å². The molecule has 4 N–H and O–H groups in total. The minimum atomic E-state index is -1.08. The summed E-state index contributed by atoms with van der Waals surface area (Å²) in [6.45, 7) is 5.24. The van der Waals surface area contributed by atoms with Gasteiger partial charge < -0.3 is 16.2 Å². The molecule has 0 heterocycles. The fraction of sp³-hybridized carbons (Fsp3) is 0.636. The van der Waals surface area contributed by atoms with Gasteiger partial charge in [0.25, 0.3) is 0 Å². The van der Waals surface area contributed by atoms with E-state index in [4.69, 9.17) is 17.3 Å². The van der Waals surface area contributed by atoms with Gasteiger partial charge in [-0.1, -0.05) is 5.92 Å². The van der Waals surface area contributed by atoms with E-state index in [-0.39, 0.29) is 12.5 Å². The molecule has 5 nitrogen and oxygen atoms in total. The van der Waals surface area contributed by atoms with Crippen molar-refractivity contribution in [3.05, 3.63) is 0 Å². The molecule has 96 valence electrons. The molecule has 0 aliphatic rings. The smallest absolute Gasteiger partial charge is 0.321 e. The highest BCUT2D eigenvalue weighted by Gasteiger charge is 2.35. The van der Waals surface area contributed by atoms with Crippen molar-refractivity contribution < 1.29 is 14.7 Å². The highest BCUT2D eigenvalue weighted by atomic mass is 32.2. The molecule has 0 aromatic carbocycles. The molecule has 17 heavy (non-hydrogen) atoms. The minimum absolute atomic E-state index is 0.162. The molecule has 1 unspecified atom stereocenters. The molecule has 0 spiro atoms. The van der Waals surface area contributed by atoms with Crippen LogP contribution < -0.4 is 11.1 Å². The molecular formula is C11H18N2O3S. The lowest BCUT2D eigenvalue weighted by Crippen LogP contribution is -2.48. The maximum Gasteiger partial charge on any atom is 0.321 e. The highest BCUT2D eigenvalue weighted by Crippen LogP contribution is 2.31. The van der Waals surface area contributed by atoms with E-state index in [1.165, 1.54) is 11.8 Å². The number of amides is 1. The Labute approximate surface area is 106 Å². The third kappa shape index (κ3) is 5.11. The van der Waals surface area contributed by atoms with E-state index in [1.807, 2.05) is 0 Å². The molecule has 0 aromatic rings. The fourth-order valence-corrected chi connectivity index (χ4v) is 2.51. The van der Waals surface area contributed by atoms with Crippen molar-refractivity contribution in [2.75, 3.05) is 6.54 Å². The number of carbonyl (C=O) groups excluding carboxylic acids is 1. The summed E-state index contributed by atoms with van der Waals surface area (Å²) in [6.07, 6.45) is 5.02. The van der Waals surface area contributed by atoms with Crippen molar-refractivity contribution in [2.24, 2.45) is 5.73 Å². The third-order valence-corrected chi connectivity index (χ3v) is 3.66. The summed E-state index contributed by atoms with van der Waals surface area (Å²) in [7, 11) is 0. The van der Waals surface area contributed by atoms with Gasteiger partial charge in [-0.15, -0.1) is 18.2 Å². The molecule has 0 fully saturated rings. The largest absolute Gasteiger partial charge is 0.480 e. The highest BCUT2D eigenvalue weighted by molar-refractivity contribution is 8.02. The molecule has 0 saturated heterocycles. The van der Waals surface area contributed by atoms with Gasteiger partial charge in [0.15, 0.2) is 0 Å². The number of terminal acetylenes is 1. The van der Waals surface area contributed by atoms with Crippen molar-refractivity contribution in [2.45, 2.75) is 36.8 Å². The number of nitrogens with two attached hydrogens (primary N) is 1. The zero-order chi connectivity index (χ0) is 13.6. The van der Waals surface area contributed by atoms with Gasteiger partial charge in [-0.05, 0) is 20.8 Å². The van der Waals surface area contributed by atoms with E-state index in [0.717, 1.165) is 0 Å². The number of carboxylic acid groups (broad SMARTS) is 1. The van der Waals surface area contributed by atoms with Crippen molar-refractivity contribution >= 4 is 23.6 Å². The molecule has 0 bridgehead atoms. The summed E-state index contributed by atoms with van der Waals surface area (Å²) in [4.78, 5) is 22.4. The Balaban J connectivity index is 4.46. The molecule has 0 saturated carbocycles. The number of carbonyl (C=O) groups is 2. The lowest BCUT2D eigenvalue weighted by Gasteiger charge is -2.30. The van der Waals surface area contributed by atoms with Crippen LogP contribution in [0.25, 0.3) is 0 Å². The zero-order valence-corrected chi connectivity index (χ0v) is 11.0. The maximum absolute atomic E-state index is 11.6. The molecule has 0 rings (SSSR count). The van der Waals surface area contributed by atoms with Crippen LogP contribution in [0.5, 0.6) is 0 Å². The molecule has 0 aromatic heterocycles. The topological polar surface area (TPSA) is 92.4 Å². The minimum Gasteiger partial charge on any atom is -0.480 e. The summed E-state index contributed by atoms with van der Waals surface area (Å²) < 4.78 is -0.737. The SMILES string of the molecule is C#CCNC(=O)C(C)SC(C)(C)[C@H](N)C(=O)O. The molecular weight excluding hydrogens is 240 g/mol. The molecule has 2 atom stereocenters. The first-order chi connectivity index (χ1) is 7.72. The van der Waals surface area contributed by atoms with Gasteiger partial charge in [0.1, 0.15) is 6.04 Å². The Morgan fingerprint density at radius 1 is 1.59 bits per heavy atom. The van der Waals surface area contributed by atoms with E-state index < -0.39 is 22.0 Å². The molecule has 6 heteroatoms. The quantitative estimate of drug-likeness (QED) is 0.585. The number of aliphatic carboxylic acids is 1. The van der Waals surface area contributed by atoms with Gasteiger partial charge >= 0.3 is 5.97 Å². The lowest BCUT2D eigenvalue weighted by atomic mass is 10.1. The first-order valence-corrected chi connectivity index (χ1v) is 5.97. The first kappa shape index (κ1) is 15.8. The van der Waals surface area contributed by atoms with Crippen LogP contribution in [0, 0.1) is 12.3 Å². The third-order valence-electron chi connectivity index (χ3n) is 2.23. The number of carboxylic acids is 1. The Bertz CT molecular complexity index is 336. The van der Waals surface area contributed by atoms with Crippen molar-refractivity contribution in [3.8, 4) is 12.3 Å². The fourth-order valence-electron chi connectivity index (χ4n) is 1.16. The van der Waals surface area contributed by atoms with Crippen LogP contribution >= 0.6 is 11.8 Å². The lowest BCUT2D eigenvalue weighted by molar-refractivity contribution is -0.139. The van der Waals surface area contributed by atoms with E-state index in [1.54, 1.807) is 20.8 Å². The Morgan fingerprint density at radius 3 is 2.53 bits per heavy atom. The van der Waals surface area contributed by atoms with E-state index in [9.17, 15) is 9.59 Å². The van der Waals surface area contributed by atoms with Crippen LogP contribution in [0.3, 0.4) is 0 Å². The summed E-state index contributed by atoms with van der Waals surface area (Å²) in [5.41, 5.74) is 5.56. The summed E-state index contributed by atoms with van der Waals surface area (Å²) >= 11 is 1.21. The first-order valence-electron chi connectivity index (χ1n) is 5.09. The van der Waals surface area contributed by atoms with E-state index in [0.29, 0.717) is 0 Å². The standard InChI is InChI=1S/C11H18N2O3S/c1-5-6-13-9(14)7(2)17-11(3,4)8(12)10(15)16/h1,7-8H,6,12H2,2-4H3,(H,13,14)(H,15,16)/t7?,8-/m1/s1. The monoisotopic (exact) mass is 258 g/mol. The number of nitrogens with one attached hydrogen (secondary N) is 1. The second-order valence-electron chi connectivity index (χ2n) is 4.10. The van der Waals surface area contributed by atoms with E-state index in [2.05, 4.69) is 11.2 Å². The van der Waals surface area contributed by atoms with Gasteiger partial charge in [-0.2, -0.15) is 0 Å². The zero-order valence-electron chi connectivity index (χ0n) is 10.2. The van der Waals surface area contributed by atoms with Crippen molar-refractivity contribution in [1.29, 1.82) is 0 Å². The molecule has 0 radical (unpaired) electrons. The Kier molecular flexibility index (Phi) is 6.07. The van der Waals surface area contributed by atoms with Gasteiger partial charge in [0.2, 0.25) is 5.91 Å². The molecule has 0 aliphatic carbocycles. The predicted molar refractivity (Wildman–Crippen MR) is 68.6 cm³/mol. The Morgan fingerprint density at radius 2 is 2.12 bits per heavy atom.